The molecule has 0 aliphatic heterocycles. The van der Waals surface area contributed by atoms with Gasteiger partial charge in [-0.25, -0.2) is 4.39 Å². The number of aromatic nitrogens is 3. The van der Waals surface area contributed by atoms with Crippen LogP contribution in [0.1, 0.15) is 27.0 Å². The number of furan rings is 1. The molecule has 5 rings (SSSR count). The van der Waals surface area contributed by atoms with E-state index in [0.29, 0.717) is 36.0 Å². The zero-order valence-corrected chi connectivity index (χ0v) is 20.1. The first kappa shape index (κ1) is 23.6. The number of nitrogens with zero attached hydrogens (tertiary/aromatic N) is 3. The largest absolute Gasteiger partial charge is 0.461 e. The van der Waals surface area contributed by atoms with Crippen LogP contribution in [-0.2, 0) is 18.8 Å². The molecule has 0 radical (unpaired) electrons. The molecule has 0 saturated heterocycles. The van der Waals surface area contributed by atoms with E-state index < -0.39 is 0 Å². The number of thioether (sulfide) groups is 1. The summed E-state index contributed by atoms with van der Waals surface area (Å²) in [6, 6.07) is 27.4. The smallest absolute Gasteiger partial charge is 0.251 e. The predicted octanol–water partition coefficient (Wildman–Crippen LogP) is 5.95. The molecule has 1 N–H and O–H groups in total. The molecule has 0 atom stereocenters. The quantitative estimate of drug-likeness (QED) is 0.254. The Bertz CT molecular complexity index is 1430. The normalized spacial score (nSPS) is 10.9. The minimum Gasteiger partial charge on any atom is -0.461 e. The highest BCUT2D eigenvalue weighted by Gasteiger charge is 2.18. The maximum Gasteiger partial charge on any atom is 0.251 e. The first-order valence-electron chi connectivity index (χ1n) is 11.4. The third kappa shape index (κ3) is 5.55. The van der Waals surface area contributed by atoms with Crippen LogP contribution in [0, 0.1) is 5.82 Å². The third-order valence-corrected chi connectivity index (χ3v) is 6.64. The van der Waals surface area contributed by atoms with Gasteiger partial charge < -0.3 is 9.73 Å². The summed E-state index contributed by atoms with van der Waals surface area (Å²) in [5, 5.41) is 12.5. The van der Waals surface area contributed by atoms with Crippen molar-refractivity contribution in [3.05, 3.63) is 125 Å². The van der Waals surface area contributed by atoms with Gasteiger partial charge in [-0.1, -0.05) is 72.4 Å². The molecule has 0 bridgehead atoms. The number of nitrogens with one attached hydrogen (secondary N) is 1. The van der Waals surface area contributed by atoms with E-state index in [-0.39, 0.29) is 11.7 Å². The van der Waals surface area contributed by atoms with Crippen molar-refractivity contribution in [2.75, 3.05) is 0 Å². The molecule has 0 aliphatic carbocycles. The lowest BCUT2D eigenvalue weighted by molar-refractivity contribution is 0.0950. The molecule has 2 aromatic heterocycles. The first-order chi connectivity index (χ1) is 17.7. The molecule has 0 aliphatic rings. The summed E-state index contributed by atoms with van der Waals surface area (Å²) in [6.45, 7) is 0.907. The fraction of sp³-hybridized carbons (Fsp3) is 0.107. The second-order valence-electron chi connectivity index (χ2n) is 8.11. The Morgan fingerprint density at radius 3 is 2.44 bits per heavy atom. The van der Waals surface area contributed by atoms with Crippen molar-refractivity contribution < 1.29 is 13.6 Å². The average molecular weight is 499 g/mol. The number of amides is 1. The number of benzene rings is 3. The second-order valence-corrected chi connectivity index (χ2v) is 9.05. The van der Waals surface area contributed by atoms with Gasteiger partial charge in [0.05, 0.1) is 12.8 Å². The Labute approximate surface area is 212 Å². The van der Waals surface area contributed by atoms with E-state index in [9.17, 15) is 9.18 Å². The van der Waals surface area contributed by atoms with Crippen molar-refractivity contribution in [3.8, 4) is 11.6 Å². The maximum atomic E-state index is 13.2. The second kappa shape index (κ2) is 11.0. The van der Waals surface area contributed by atoms with Crippen LogP contribution in [0.2, 0.25) is 0 Å². The Hall–Kier alpha value is -4.17. The summed E-state index contributed by atoms with van der Waals surface area (Å²) in [4.78, 5) is 12.9. The van der Waals surface area contributed by atoms with E-state index in [1.54, 1.807) is 24.5 Å². The van der Waals surface area contributed by atoms with E-state index in [2.05, 4.69) is 27.6 Å². The minimum atomic E-state index is -0.303. The number of carbonyl (C=O) groups is 1. The lowest BCUT2D eigenvalue weighted by Crippen LogP contribution is -2.23. The van der Waals surface area contributed by atoms with Gasteiger partial charge in [0.2, 0.25) is 5.82 Å². The van der Waals surface area contributed by atoms with Crippen LogP contribution >= 0.6 is 11.8 Å². The summed E-state index contributed by atoms with van der Waals surface area (Å²) in [7, 11) is 0. The van der Waals surface area contributed by atoms with Gasteiger partial charge in [0.25, 0.3) is 5.91 Å². The van der Waals surface area contributed by atoms with Crippen LogP contribution in [0.3, 0.4) is 0 Å². The topological polar surface area (TPSA) is 73.0 Å². The number of halogens is 1. The molecule has 180 valence electrons. The highest BCUT2D eigenvalue weighted by molar-refractivity contribution is 7.98. The van der Waals surface area contributed by atoms with Crippen LogP contribution in [-0.4, -0.2) is 20.7 Å². The number of hydrogen-bond acceptors (Lipinski definition) is 5. The molecule has 8 heteroatoms. The molecule has 6 nitrogen and oxygen atoms in total. The standard InChI is InChI=1S/C28H23FN4O2S/c29-23-14-12-20(13-15-23)17-30-27(34)24-10-5-4-9-22(24)19-36-28-32-31-26(25-11-6-16-35-25)33(28)18-21-7-2-1-3-8-21/h1-16H,17-19H2,(H,30,34). The van der Waals surface area contributed by atoms with E-state index in [4.69, 9.17) is 4.42 Å². The summed E-state index contributed by atoms with van der Waals surface area (Å²) < 4.78 is 20.8. The average Bonchev–Trinajstić information content (AvgIpc) is 3.58. The molecular formula is C28H23FN4O2S. The lowest BCUT2D eigenvalue weighted by Gasteiger charge is -2.12. The van der Waals surface area contributed by atoms with Crippen molar-refractivity contribution in [1.82, 2.24) is 20.1 Å². The lowest BCUT2D eigenvalue weighted by atomic mass is 10.1. The molecule has 0 saturated carbocycles. The van der Waals surface area contributed by atoms with Crippen LogP contribution in [0.4, 0.5) is 4.39 Å². The van der Waals surface area contributed by atoms with Gasteiger partial charge in [-0.15, -0.1) is 10.2 Å². The van der Waals surface area contributed by atoms with Gasteiger partial charge in [0.1, 0.15) is 5.82 Å². The first-order valence-corrected chi connectivity index (χ1v) is 12.4. The van der Waals surface area contributed by atoms with Gasteiger partial charge in [0, 0.05) is 17.9 Å². The van der Waals surface area contributed by atoms with Crippen molar-refractivity contribution in [3.63, 3.8) is 0 Å². The van der Waals surface area contributed by atoms with Gasteiger partial charge in [-0.05, 0) is 47.0 Å². The van der Waals surface area contributed by atoms with Crippen molar-refractivity contribution in [2.45, 2.75) is 24.0 Å². The van der Waals surface area contributed by atoms with Crippen molar-refractivity contribution >= 4 is 17.7 Å². The van der Waals surface area contributed by atoms with Crippen LogP contribution in [0.5, 0.6) is 0 Å². The number of hydrogen-bond donors (Lipinski definition) is 1. The number of rotatable bonds is 9. The van der Waals surface area contributed by atoms with E-state index in [0.717, 1.165) is 21.8 Å². The minimum absolute atomic E-state index is 0.183. The van der Waals surface area contributed by atoms with Crippen LogP contribution < -0.4 is 5.32 Å². The molecule has 0 spiro atoms. The summed E-state index contributed by atoms with van der Waals surface area (Å²) in [6.07, 6.45) is 1.62. The molecule has 36 heavy (non-hydrogen) atoms. The SMILES string of the molecule is O=C(NCc1ccc(F)cc1)c1ccccc1CSc1nnc(-c2ccco2)n1Cc1ccccc1. The van der Waals surface area contributed by atoms with Crippen LogP contribution in [0.15, 0.2) is 107 Å². The Balaban J connectivity index is 1.33. The molecule has 1 amide bonds. The summed E-state index contributed by atoms with van der Waals surface area (Å²) >= 11 is 1.51. The fourth-order valence-electron chi connectivity index (χ4n) is 3.78. The van der Waals surface area contributed by atoms with Gasteiger partial charge in [-0.2, -0.15) is 0 Å². The predicted molar refractivity (Wildman–Crippen MR) is 137 cm³/mol. The van der Waals surface area contributed by atoms with Gasteiger partial charge in [0.15, 0.2) is 10.9 Å². The molecular weight excluding hydrogens is 475 g/mol. The number of carbonyl (C=O) groups excluding carboxylic acids is 1. The molecule has 3 aromatic carbocycles. The Morgan fingerprint density at radius 2 is 1.67 bits per heavy atom. The molecule has 0 unspecified atom stereocenters. The highest BCUT2D eigenvalue weighted by atomic mass is 32.2. The van der Waals surface area contributed by atoms with E-state index >= 15 is 0 Å². The maximum absolute atomic E-state index is 13.2. The monoisotopic (exact) mass is 498 g/mol. The van der Waals surface area contributed by atoms with Gasteiger partial charge >= 0.3 is 0 Å². The zero-order chi connectivity index (χ0) is 24.7. The summed E-state index contributed by atoms with van der Waals surface area (Å²) in [5.41, 5.74) is 3.42. The Kier molecular flexibility index (Phi) is 7.23. The van der Waals surface area contributed by atoms with Crippen molar-refractivity contribution in [1.29, 1.82) is 0 Å². The van der Waals surface area contributed by atoms with Crippen LogP contribution in [0.25, 0.3) is 11.6 Å². The third-order valence-electron chi connectivity index (χ3n) is 5.63. The van der Waals surface area contributed by atoms with Crippen molar-refractivity contribution in [2.24, 2.45) is 0 Å². The van der Waals surface area contributed by atoms with Gasteiger partial charge in [-0.3, -0.25) is 9.36 Å². The highest BCUT2D eigenvalue weighted by Crippen LogP contribution is 2.28. The van der Waals surface area contributed by atoms with E-state index in [1.807, 2.05) is 53.1 Å². The zero-order valence-electron chi connectivity index (χ0n) is 19.3. The molecule has 2 heterocycles. The molecule has 5 aromatic rings. The van der Waals surface area contributed by atoms with E-state index in [1.165, 1.54) is 23.9 Å². The fourth-order valence-corrected chi connectivity index (χ4v) is 4.72. The Morgan fingerprint density at radius 1 is 0.889 bits per heavy atom. The molecule has 0 fully saturated rings. The summed E-state index contributed by atoms with van der Waals surface area (Å²) in [5.74, 6) is 1.34.